The zero-order chi connectivity index (χ0) is 21.3. The van der Waals surface area contributed by atoms with Crippen LogP contribution in [-0.4, -0.2) is 78.4 Å². The lowest BCUT2D eigenvalue weighted by Crippen LogP contribution is -2.33. The fourth-order valence-electron chi connectivity index (χ4n) is 3.32. The second-order valence-electron chi connectivity index (χ2n) is 7.13. The van der Waals surface area contributed by atoms with Gasteiger partial charge in [-0.3, -0.25) is 14.3 Å². The minimum atomic E-state index is -3.69. The van der Waals surface area contributed by atoms with Crippen LogP contribution in [0.15, 0.2) is 20.5 Å². The summed E-state index contributed by atoms with van der Waals surface area (Å²) in [4.78, 5) is 42.3. The highest BCUT2D eigenvalue weighted by molar-refractivity contribution is 8.08. The summed E-state index contributed by atoms with van der Waals surface area (Å²) in [6.07, 6.45) is 0.146. The Bertz CT molecular complexity index is 936. The summed E-state index contributed by atoms with van der Waals surface area (Å²) >= 11 is 5.07. The number of aromatic amines is 1. The van der Waals surface area contributed by atoms with Gasteiger partial charge in [-0.05, 0) is 6.92 Å². The monoisotopic (exact) mass is 446 g/mol. The third-order valence-electron chi connectivity index (χ3n) is 5.01. The lowest BCUT2D eigenvalue weighted by Gasteiger charge is -2.28. The first-order chi connectivity index (χ1) is 13.6. The fourth-order valence-corrected chi connectivity index (χ4v) is 4.64. The number of aryl methyl sites for hydroxylation is 1. The summed E-state index contributed by atoms with van der Waals surface area (Å²) in [5.74, 6) is 0.520. The molecule has 29 heavy (non-hydrogen) atoms. The van der Waals surface area contributed by atoms with E-state index in [1.54, 1.807) is 6.92 Å². The number of hydrogen-bond donors (Lipinski definition) is 1. The van der Waals surface area contributed by atoms with Gasteiger partial charge in [0, 0.05) is 52.5 Å². The van der Waals surface area contributed by atoms with Crippen molar-refractivity contribution in [2.45, 2.75) is 31.8 Å². The fraction of sp³-hybridized carbons (Fsp3) is 0.688. The number of likely N-dealkylation sites (N-methyl/N-ethyl adjacent to an activating group) is 2. The Balaban J connectivity index is 1.70. The third kappa shape index (κ3) is 4.96. The Kier molecular flexibility index (Phi) is 6.61. The van der Waals surface area contributed by atoms with Crippen molar-refractivity contribution >= 4 is 24.4 Å². The molecule has 13 heteroatoms. The first kappa shape index (κ1) is 22.1. The summed E-state index contributed by atoms with van der Waals surface area (Å²) in [5.41, 5.74) is -0.632. The maximum absolute atomic E-state index is 12.7. The number of H-pyrrole nitrogens is 1. The summed E-state index contributed by atoms with van der Waals surface area (Å²) in [5, 5.41) is 0. The van der Waals surface area contributed by atoms with Crippen LogP contribution in [0.4, 0.5) is 0 Å². The molecule has 11 nitrogen and oxygen atoms in total. The average molecular weight is 446 g/mol. The standard InChI is InChI=1S/C16H26N5O6PS/c1-10-8-21(16(23)17-14(10)22)13-7-11(25-4)12(27-13)9-26-28(24,29)18-15-19(2)5-6-20(15)3/h8,11-13H,5-7,9H2,1-4H3,(H,24,29)(H,17,22,23)/p-1/t11-,12-,13-,28?/m1/s1. The van der Waals surface area contributed by atoms with Crippen LogP contribution in [-0.2, 0) is 25.8 Å². The highest BCUT2D eigenvalue weighted by Crippen LogP contribution is 2.42. The molecule has 1 aromatic rings. The first-order valence-corrected chi connectivity index (χ1v) is 11.7. The molecule has 162 valence electrons. The van der Waals surface area contributed by atoms with E-state index >= 15 is 0 Å². The van der Waals surface area contributed by atoms with E-state index in [0.29, 0.717) is 17.9 Å². The molecular formula is C16H25N5O6PS-. The molecule has 0 amide bonds. The van der Waals surface area contributed by atoms with Crippen molar-refractivity contribution < 1.29 is 18.9 Å². The number of nitrogens with zero attached hydrogens (tertiary/aromatic N) is 4. The van der Waals surface area contributed by atoms with Crippen LogP contribution in [0.3, 0.4) is 0 Å². The van der Waals surface area contributed by atoms with Gasteiger partial charge < -0.3 is 28.7 Å². The minimum absolute atomic E-state index is 0.100. The summed E-state index contributed by atoms with van der Waals surface area (Å²) in [6, 6.07) is 0. The van der Waals surface area contributed by atoms with Crippen molar-refractivity contribution in [2.24, 2.45) is 4.76 Å². The quantitative estimate of drug-likeness (QED) is 0.547. The van der Waals surface area contributed by atoms with E-state index in [2.05, 4.69) is 9.75 Å². The molecule has 1 aromatic heterocycles. The van der Waals surface area contributed by atoms with Crippen LogP contribution < -0.4 is 16.1 Å². The number of ether oxygens (including phenoxy) is 2. The van der Waals surface area contributed by atoms with Crippen LogP contribution in [0.5, 0.6) is 0 Å². The Morgan fingerprint density at radius 1 is 1.38 bits per heavy atom. The van der Waals surface area contributed by atoms with Gasteiger partial charge in [-0.15, -0.1) is 0 Å². The molecule has 3 rings (SSSR count). The van der Waals surface area contributed by atoms with E-state index in [-0.39, 0.29) is 6.61 Å². The Morgan fingerprint density at radius 2 is 2.03 bits per heavy atom. The van der Waals surface area contributed by atoms with E-state index < -0.39 is 36.3 Å². The van der Waals surface area contributed by atoms with Crippen LogP contribution in [0.25, 0.3) is 0 Å². The highest BCUT2D eigenvalue weighted by atomic mass is 32.5. The van der Waals surface area contributed by atoms with E-state index in [1.165, 1.54) is 17.9 Å². The highest BCUT2D eigenvalue weighted by Gasteiger charge is 2.37. The molecule has 2 aliphatic rings. The SMILES string of the molecule is CO[C@@H]1C[C@H](n2cc(C)c(=O)[nH]c2=O)O[C@@H]1COP([O-])(=S)N=C1N(C)CCN1C. The zero-order valence-corrected chi connectivity index (χ0v) is 18.4. The van der Waals surface area contributed by atoms with Gasteiger partial charge in [0.15, 0.2) is 0 Å². The lowest BCUT2D eigenvalue weighted by atomic mass is 10.2. The molecule has 0 aliphatic carbocycles. The van der Waals surface area contributed by atoms with Gasteiger partial charge in [0.05, 0.1) is 12.7 Å². The Labute approximate surface area is 173 Å². The second-order valence-corrected chi connectivity index (χ2v) is 9.90. The normalized spacial score (nSPS) is 26.8. The molecule has 0 bridgehead atoms. The Morgan fingerprint density at radius 3 is 2.66 bits per heavy atom. The van der Waals surface area contributed by atoms with Crippen LogP contribution in [0.2, 0.25) is 0 Å². The van der Waals surface area contributed by atoms with Crippen LogP contribution in [0.1, 0.15) is 18.2 Å². The maximum Gasteiger partial charge on any atom is 0.330 e. The topological polar surface area (TPSA) is 124 Å². The second kappa shape index (κ2) is 8.66. The summed E-state index contributed by atoms with van der Waals surface area (Å²) in [6.45, 7) is -0.664. The van der Waals surface area contributed by atoms with Crippen molar-refractivity contribution in [3.63, 3.8) is 0 Å². The maximum atomic E-state index is 12.7. The molecule has 3 heterocycles. The molecule has 0 radical (unpaired) electrons. The molecule has 2 aliphatic heterocycles. The molecule has 2 saturated heterocycles. The van der Waals surface area contributed by atoms with Gasteiger partial charge >= 0.3 is 5.69 Å². The molecule has 1 unspecified atom stereocenters. The van der Waals surface area contributed by atoms with Crippen LogP contribution >= 0.6 is 6.64 Å². The van der Waals surface area contributed by atoms with E-state index in [0.717, 1.165) is 13.1 Å². The smallest absolute Gasteiger partial charge is 0.330 e. The average Bonchev–Trinajstić information content (AvgIpc) is 3.21. The number of rotatable bonds is 6. The number of guanidine groups is 1. The van der Waals surface area contributed by atoms with Gasteiger partial charge in [-0.1, -0.05) is 11.8 Å². The minimum Gasteiger partial charge on any atom is -0.784 e. The Hall–Kier alpha value is -1.56. The molecule has 2 fully saturated rings. The molecule has 0 spiro atoms. The molecule has 0 aromatic carbocycles. The number of hydrogen-bond acceptors (Lipinski definition) is 7. The van der Waals surface area contributed by atoms with Gasteiger partial charge in [0.2, 0.25) is 5.96 Å². The van der Waals surface area contributed by atoms with E-state index in [1.807, 2.05) is 23.9 Å². The van der Waals surface area contributed by atoms with Gasteiger partial charge in [0.1, 0.15) is 19.0 Å². The third-order valence-corrected chi connectivity index (χ3v) is 6.47. The van der Waals surface area contributed by atoms with Crippen molar-refractivity contribution in [2.75, 3.05) is 40.9 Å². The van der Waals surface area contributed by atoms with Crippen molar-refractivity contribution in [3.05, 3.63) is 32.6 Å². The number of nitrogens with one attached hydrogen (secondary N) is 1. The molecule has 0 saturated carbocycles. The summed E-state index contributed by atoms with van der Waals surface area (Å²) < 4.78 is 22.2. The number of aromatic nitrogens is 2. The van der Waals surface area contributed by atoms with Crippen molar-refractivity contribution in [1.82, 2.24) is 19.4 Å². The molecule has 4 atom stereocenters. The van der Waals surface area contributed by atoms with E-state index in [9.17, 15) is 14.5 Å². The lowest BCUT2D eigenvalue weighted by molar-refractivity contribution is -0.186. The predicted molar refractivity (Wildman–Crippen MR) is 108 cm³/mol. The van der Waals surface area contributed by atoms with Crippen molar-refractivity contribution in [1.29, 1.82) is 0 Å². The molecule has 1 N–H and O–H groups in total. The van der Waals surface area contributed by atoms with Gasteiger partial charge in [-0.2, -0.15) is 0 Å². The van der Waals surface area contributed by atoms with Crippen molar-refractivity contribution in [3.8, 4) is 0 Å². The first-order valence-electron chi connectivity index (χ1n) is 9.09. The molecular weight excluding hydrogens is 421 g/mol. The number of methoxy groups -OCH3 is 1. The predicted octanol–water partition coefficient (Wildman–Crippen LogP) is -1.02. The van der Waals surface area contributed by atoms with E-state index in [4.69, 9.17) is 25.8 Å². The van der Waals surface area contributed by atoms with Gasteiger partial charge in [0.25, 0.3) is 5.56 Å². The van der Waals surface area contributed by atoms with Gasteiger partial charge in [-0.25, -0.2) is 9.56 Å². The summed E-state index contributed by atoms with van der Waals surface area (Å²) in [7, 11) is 5.20. The van der Waals surface area contributed by atoms with Crippen LogP contribution in [0, 0.1) is 6.92 Å². The zero-order valence-electron chi connectivity index (χ0n) is 16.7. The largest absolute Gasteiger partial charge is 0.784 e.